The smallest absolute Gasteiger partial charge is 0.228 e. The summed E-state index contributed by atoms with van der Waals surface area (Å²) >= 11 is 0. The predicted molar refractivity (Wildman–Crippen MR) is 102 cm³/mol. The Morgan fingerprint density at radius 3 is 2.56 bits per heavy atom. The van der Waals surface area contributed by atoms with E-state index in [9.17, 15) is 9.18 Å². The molecule has 27 heavy (non-hydrogen) atoms. The zero-order valence-corrected chi connectivity index (χ0v) is 15.0. The minimum atomic E-state index is -0.305. The van der Waals surface area contributed by atoms with Crippen molar-refractivity contribution in [3.63, 3.8) is 0 Å². The molecule has 0 atom stereocenters. The molecule has 0 saturated carbocycles. The van der Waals surface area contributed by atoms with Gasteiger partial charge >= 0.3 is 0 Å². The van der Waals surface area contributed by atoms with Crippen LogP contribution in [-0.2, 0) is 24.2 Å². The van der Waals surface area contributed by atoms with Gasteiger partial charge in [0.15, 0.2) is 5.82 Å². The lowest BCUT2D eigenvalue weighted by atomic mass is 10.1. The molecule has 5 nitrogen and oxygen atoms in total. The van der Waals surface area contributed by atoms with E-state index in [1.54, 1.807) is 12.1 Å². The van der Waals surface area contributed by atoms with Gasteiger partial charge in [0.1, 0.15) is 11.6 Å². The highest BCUT2D eigenvalue weighted by Crippen LogP contribution is 2.24. The molecule has 2 heterocycles. The van der Waals surface area contributed by atoms with E-state index in [1.807, 2.05) is 24.3 Å². The fourth-order valence-electron chi connectivity index (χ4n) is 3.39. The van der Waals surface area contributed by atoms with Crippen LogP contribution in [0.2, 0.25) is 0 Å². The first kappa shape index (κ1) is 17.4. The zero-order valence-electron chi connectivity index (χ0n) is 15.0. The number of hydrogen-bond donors (Lipinski definition) is 1. The maximum atomic E-state index is 12.9. The number of nitrogens with zero attached hydrogens (tertiary/aromatic N) is 3. The quantitative estimate of drug-likeness (QED) is 0.761. The molecule has 0 aliphatic carbocycles. The van der Waals surface area contributed by atoms with Crippen LogP contribution < -0.4 is 5.32 Å². The number of carbonyl (C=O) groups is 1. The molecule has 4 rings (SSSR count). The Morgan fingerprint density at radius 2 is 1.78 bits per heavy atom. The molecule has 2 aromatic carbocycles. The number of hydrogen-bond acceptors (Lipinski definition) is 3. The molecule has 0 radical (unpaired) electrons. The van der Waals surface area contributed by atoms with Crippen molar-refractivity contribution in [3.05, 3.63) is 65.7 Å². The lowest BCUT2D eigenvalue weighted by Crippen LogP contribution is -2.14. The first-order chi connectivity index (χ1) is 13.2. The number of nitrogens with one attached hydrogen (secondary N) is 1. The van der Waals surface area contributed by atoms with E-state index in [4.69, 9.17) is 0 Å². The molecule has 1 aromatic heterocycles. The summed E-state index contributed by atoms with van der Waals surface area (Å²) in [5.74, 6) is 1.50. The first-order valence-electron chi connectivity index (χ1n) is 9.26. The SMILES string of the molecule is O=C(Cc1ccc(F)cc1)Nc1ccc(-c2nnc3n2CCCCC3)cc1. The van der Waals surface area contributed by atoms with E-state index in [0.717, 1.165) is 54.3 Å². The number of carbonyl (C=O) groups excluding carboxylic acids is 1. The molecule has 1 amide bonds. The molecule has 0 fully saturated rings. The van der Waals surface area contributed by atoms with E-state index in [2.05, 4.69) is 20.1 Å². The normalized spacial score (nSPS) is 13.7. The summed E-state index contributed by atoms with van der Waals surface area (Å²) in [7, 11) is 0. The third-order valence-electron chi connectivity index (χ3n) is 4.81. The van der Waals surface area contributed by atoms with Gasteiger partial charge in [-0.15, -0.1) is 10.2 Å². The molecule has 6 heteroatoms. The maximum Gasteiger partial charge on any atom is 0.228 e. The third kappa shape index (κ3) is 4.05. The summed E-state index contributed by atoms with van der Waals surface area (Å²) in [4.78, 5) is 12.2. The molecule has 0 saturated heterocycles. The minimum absolute atomic E-state index is 0.134. The second-order valence-corrected chi connectivity index (χ2v) is 6.83. The Balaban J connectivity index is 1.44. The van der Waals surface area contributed by atoms with Gasteiger partial charge in [-0.3, -0.25) is 4.79 Å². The summed E-state index contributed by atoms with van der Waals surface area (Å²) < 4.78 is 15.1. The highest BCUT2D eigenvalue weighted by molar-refractivity contribution is 5.92. The molecule has 0 spiro atoms. The Hall–Kier alpha value is -3.02. The third-order valence-corrected chi connectivity index (χ3v) is 4.81. The van der Waals surface area contributed by atoms with Crippen LogP contribution in [0.5, 0.6) is 0 Å². The number of rotatable bonds is 4. The molecule has 3 aromatic rings. The topological polar surface area (TPSA) is 59.8 Å². The van der Waals surface area contributed by atoms with Crippen LogP contribution in [0.25, 0.3) is 11.4 Å². The number of benzene rings is 2. The number of halogens is 1. The van der Waals surface area contributed by atoms with Gasteiger partial charge < -0.3 is 9.88 Å². The molecule has 0 bridgehead atoms. The van der Waals surface area contributed by atoms with Gasteiger partial charge in [0.25, 0.3) is 0 Å². The standard InChI is InChI=1S/C21H21FN4O/c22-17-9-5-15(6-10-17)14-20(27)23-18-11-7-16(8-12-18)21-25-24-19-4-2-1-3-13-26(19)21/h5-12H,1-4,13-14H2,(H,23,27). The molecule has 0 unspecified atom stereocenters. The Morgan fingerprint density at radius 1 is 1.00 bits per heavy atom. The number of aryl methyl sites for hydroxylation is 1. The predicted octanol–water partition coefficient (Wildman–Crippen LogP) is 3.99. The average molecular weight is 364 g/mol. The summed E-state index contributed by atoms with van der Waals surface area (Å²) in [6, 6.07) is 13.6. The fraction of sp³-hybridized carbons (Fsp3) is 0.286. The van der Waals surface area contributed by atoms with Gasteiger partial charge in [-0.25, -0.2) is 4.39 Å². The van der Waals surface area contributed by atoms with Crippen LogP contribution in [0.15, 0.2) is 48.5 Å². The maximum absolute atomic E-state index is 12.9. The molecule has 138 valence electrons. The number of aromatic nitrogens is 3. The van der Waals surface area contributed by atoms with Crippen LogP contribution in [0.4, 0.5) is 10.1 Å². The Labute approximate surface area is 157 Å². The van der Waals surface area contributed by atoms with Crippen LogP contribution in [0, 0.1) is 5.82 Å². The van der Waals surface area contributed by atoms with Gasteiger partial charge in [0.2, 0.25) is 5.91 Å². The van der Waals surface area contributed by atoms with Crippen LogP contribution >= 0.6 is 0 Å². The minimum Gasteiger partial charge on any atom is -0.326 e. The average Bonchev–Trinajstić information content (AvgIpc) is 2.92. The monoisotopic (exact) mass is 364 g/mol. The van der Waals surface area contributed by atoms with Crippen molar-refractivity contribution in [1.82, 2.24) is 14.8 Å². The molecule has 1 aliphatic heterocycles. The van der Waals surface area contributed by atoms with Gasteiger partial charge in [0.05, 0.1) is 6.42 Å². The van der Waals surface area contributed by atoms with E-state index >= 15 is 0 Å². The highest BCUT2D eigenvalue weighted by atomic mass is 19.1. The lowest BCUT2D eigenvalue weighted by molar-refractivity contribution is -0.115. The van der Waals surface area contributed by atoms with Crippen molar-refractivity contribution in [1.29, 1.82) is 0 Å². The van der Waals surface area contributed by atoms with Crippen molar-refractivity contribution in [2.45, 2.75) is 38.6 Å². The summed E-state index contributed by atoms with van der Waals surface area (Å²) in [6.07, 6.45) is 4.72. The number of amides is 1. The second-order valence-electron chi connectivity index (χ2n) is 6.83. The van der Waals surface area contributed by atoms with Gasteiger partial charge in [0, 0.05) is 24.2 Å². The molecular weight excluding hydrogens is 343 g/mol. The number of fused-ring (bicyclic) bond motifs is 1. The summed E-state index contributed by atoms with van der Waals surface area (Å²) in [5, 5.41) is 11.6. The fourth-order valence-corrected chi connectivity index (χ4v) is 3.39. The van der Waals surface area contributed by atoms with E-state index in [0.29, 0.717) is 0 Å². The summed E-state index contributed by atoms with van der Waals surface area (Å²) in [6.45, 7) is 0.952. The second kappa shape index (κ2) is 7.70. The van der Waals surface area contributed by atoms with Crippen molar-refractivity contribution in [2.24, 2.45) is 0 Å². The van der Waals surface area contributed by atoms with E-state index in [1.165, 1.54) is 18.6 Å². The van der Waals surface area contributed by atoms with Gasteiger partial charge in [-0.2, -0.15) is 0 Å². The largest absolute Gasteiger partial charge is 0.326 e. The van der Waals surface area contributed by atoms with E-state index < -0.39 is 0 Å². The highest BCUT2D eigenvalue weighted by Gasteiger charge is 2.16. The summed E-state index contributed by atoms with van der Waals surface area (Å²) in [5.41, 5.74) is 2.49. The van der Waals surface area contributed by atoms with Crippen molar-refractivity contribution in [2.75, 3.05) is 5.32 Å². The molecule has 1 aliphatic rings. The zero-order chi connectivity index (χ0) is 18.6. The van der Waals surface area contributed by atoms with Crippen molar-refractivity contribution < 1.29 is 9.18 Å². The Bertz CT molecular complexity index is 932. The van der Waals surface area contributed by atoms with Crippen LogP contribution in [-0.4, -0.2) is 20.7 Å². The van der Waals surface area contributed by atoms with Crippen LogP contribution in [0.1, 0.15) is 30.7 Å². The van der Waals surface area contributed by atoms with E-state index in [-0.39, 0.29) is 18.1 Å². The number of anilines is 1. The Kier molecular flexibility index (Phi) is 4.96. The van der Waals surface area contributed by atoms with Gasteiger partial charge in [-0.05, 0) is 54.8 Å². The lowest BCUT2D eigenvalue weighted by Gasteiger charge is -2.09. The van der Waals surface area contributed by atoms with Gasteiger partial charge in [-0.1, -0.05) is 18.6 Å². The van der Waals surface area contributed by atoms with Crippen molar-refractivity contribution >= 4 is 11.6 Å². The molecular formula is C21H21FN4O. The van der Waals surface area contributed by atoms with Crippen LogP contribution in [0.3, 0.4) is 0 Å². The molecule has 1 N–H and O–H groups in total. The van der Waals surface area contributed by atoms with Crippen molar-refractivity contribution in [3.8, 4) is 11.4 Å². The first-order valence-corrected chi connectivity index (χ1v) is 9.26.